The van der Waals surface area contributed by atoms with Crippen molar-refractivity contribution in [3.8, 4) is 0 Å². The van der Waals surface area contributed by atoms with Crippen LogP contribution in [0.25, 0.3) is 0 Å². The third kappa shape index (κ3) is 3.10. The van der Waals surface area contributed by atoms with Gasteiger partial charge in [0, 0.05) is 6.54 Å². The number of hydrogen-bond donors (Lipinski definition) is 1. The highest BCUT2D eigenvalue weighted by molar-refractivity contribution is 5.70. The third-order valence-corrected chi connectivity index (χ3v) is 3.83. The van der Waals surface area contributed by atoms with Crippen molar-refractivity contribution in [2.45, 2.75) is 33.2 Å². The first-order chi connectivity index (χ1) is 8.56. The molecule has 1 aromatic carbocycles. The van der Waals surface area contributed by atoms with Crippen LogP contribution in [0.3, 0.4) is 0 Å². The number of carbonyl (C=O) groups is 1. The second kappa shape index (κ2) is 5.53. The molecule has 0 radical (unpaired) electrons. The number of likely N-dealkylation sites (tertiary alicyclic amines) is 1. The van der Waals surface area contributed by atoms with Gasteiger partial charge < -0.3 is 5.11 Å². The minimum Gasteiger partial charge on any atom is -0.481 e. The molecular weight excluding hydrogens is 226 g/mol. The summed E-state index contributed by atoms with van der Waals surface area (Å²) in [5.74, 6) is -0.776. The van der Waals surface area contributed by atoms with Crippen LogP contribution in [0.1, 0.15) is 29.5 Å². The molecule has 0 aromatic heterocycles. The molecule has 3 heteroatoms. The van der Waals surface area contributed by atoms with E-state index in [9.17, 15) is 4.79 Å². The van der Waals surface area contributed by atoms with Crippen molar-refractivity contribution in [3.63, 3.8) is 0 Å². The summed E-state index contributed by atoms with van der Waals surface area (Å²) >= 11 is 0. The maximum Gasteiger partial charge on any atom is 0.306 e. The number of aliphatic carboxylic acids is 1. The molecule has 2 rings (SSSR count). The third-order valence-electron chi connectivity index (χ3n) is 3.83. The largest absolute Gasteiger partial charge is 0.481 e. The standard InChI is InChI=1S/C15H21NO2/c1-11-3-4-14(12(2)9-11)10-16-7-5-13(6-8-16)15(17)18/h3-4,9,13H,5-8,10H2,1-2H3,(H,17,18). The van der Waals surface area contributed by atoms with E-state index in [1.807, 2.05) is 0 Å². The zero-order valence-corrected chi connectivity index (χ0v) is 11.1. The highest BCUT2D eigenvalue weighted by atomic mass is 16.4. The van der Waals surface area contributed by atoms with E-state index in [1.165, 1.54) is 16.7 Å². The Hall–Kier alpha value is -1.35. The lowest BCUT2D eigenvalue weighted by atomic mass is 9.96. The Morgan fingerprint density at radius 2 is 2.00 bits per heavy atom. The van der Waals surface area contributed by atoms with Crippen molar-refractivity contribution in [1.29, 1.82) is 0 Å². The summed E-state index contributed by atoms with van der Waals surface area (Å²) in [6, 6.07) is 6.54. The number of nitrogens with zero attached hydrogens (tertiary/aromatic N) is 1. The Morgan fingerprint density at radius 1 is 1.33 bits per heavy atom. The summed E-state index contributed by atoms with van der Waals surface area (Å²) in [5, 5.41) is 8.97. The number of rotatable bonds is 3. The first kappa shape index (κ1) is 13.1. The number of aryl methyl sites for hydroxylation is 2. The molecule has 1 heterocycles. The predicted octanol–water partition coefficient (Wildman–Crippen LogP) is 2.60. The van der Waals surface area contributed by atoms with Crippen LogP contribution >= 0.6 is 0 Å². The summed E-state index contributed by atoms with van der Waals surface area (Å²) in [6.45, 7) is 6.98. The second-order valence-electron chi connectivity index (χ2n) is 5.32. The van der Waals surface area contributed by atoms with Gasteiger partial charge in [-0.15, -0.1) is 0 Å². The lowest BCUT2D eigenvalue weighted by Crippen LogP contribution is -2.35. The van der Waals surface area contributed by atoms with Crippen molar-refractivity contribution < 1.29 is 9.90 Å². The number of piperidine rings is 1. The van der Waals surface area contributed by atoms with E-state index in [0.29, 0.717) is 0 Å². The maximum atomic E-state index is 10.9. The van der Waals surface area contributed by atoms with Gasteiger partial charge in [-0.3, -0.25) is 9.69 Å². The molecule has 0 atom stereocenters. The lowest BCUT2D eigenvalue weighted by Gasteiger charge is -2.30. The van der Waals surface area contributed by atoms with Crippen LogP contribution in [0.4, 0.5) is 0 Å². The minimum absolute atomic E-state index is 0.139. The van der Waals surface area contributed by atoms with Crippen LogP contribution < -0.4 is 0 Å². The summed E-state index contributed by atoms with van der Waals surface area (Å²) in [7, 11) is 0. The van der Waals surface area contributed by atoms with E-state index in [2.05, 4.69) is 36.9 Å². The van der Waals surface area contributed by atoms with E-state index in [1.54, 1.807) is 0 Å². The zero-order valence-electron chi connectivity index (χ0n) is 11.1. The van der Waals surface area contributed by atoms with E-state index in [4.69, 9.17) is 5.11 Å². The second-order valence-corrected chi connectivity index (χ2v) is 5.32. The summed E-state index contributed by atoms with van der Waals surface area (Å²) in [4.78, 5) is 13.3. The number of hydrogen-bond acceptors (Lipinski definition) is 2. The van der Waals surface area contributed by atoms with Crippen molar-refractivity contribution in [2.75, 3.05) is 13.1 Å². The number of carboxylic acid groups (broad SMARTS) is 1. The van der Waals surface area contributed by atoms with Gasteiger partial charge >= 0.3 is 5.97 Å². The molecule has 3 nitrogen and oxygen atoms in total. The normalized spacial score (nSPS) is 17.9. The molecule has 0 aliphatic carbocycles. The zero-order chi connectivity index (χ0) is 13.1. The van der Waals surface area contributed by atoms with Crippen LogP contribution in [0.2, 0.25) is 0 Å². The van der Waals surface area contributed by atoms with Gasteiger partial charge in [0.1, 0.15) is 0 Å². The maximum absolute atomic E-state index is 10.9. The topological polar surface area (TPSA) is 40.5 Å². The highest BCUT2D eigenvalue weighted by Crippen LogP contribution is 2.20. The van der Waals surface area contributed by atoms with Crippen LogP contribution in [-0.2, 0) is 11.3 Å². The summed E-state index contributed by atoms with van der Waals surface area (Å²) in [5.41, 5.74) is 3.98. The molecule has 1 aliphatic heterocycles. The molecule has 98 valence electrons. The Kier molecular flexibility index (Phi) is 4.02. The van der Waals surface area contributed by atoms with Crippen LogP contribution in [0.15, 0.2) is 18.2 Å². The fraction of sp³-hybridized carbons (Fsp3) is 0.533. The van der Waals surface area contributed by atoms with Crippen molar-refractivity contribution in [3.05, 3.63) is 34.9 Å². The van der Waals surface area contributed by atoms with Gasteiger partial charge in [0.15, 0.2) is 0 Å². The molecule has 1 fully saturated rings. The van der Waals surface area contributed by atoms with Crippen LogP contribution in [0.5, 0.6) is 0 Å². The van der Waals surface area contributed by atoms with Gasteiger partial charge in [0.05, 0.1) is 5.92 Å². The monoisotopic (exact) mass is 247 g/mol. The van der Waals surface area contributed by atoms with E-state index >= 15 is 0 Å². The van der Waals surface area contributed by atoms with Gasteiger partial charge in [-0.25, -0.2) is 0 Å². The highest BCUT2D eigenvalue weighted by Gasteiger charge is 2.24. The molecule has 0 bridgehead atoms. The van der Waals surface area contributed by atoms with Gasteiger partial charge in [0.25, 0.3) is 0 Å². The van der Waals surface area contributed by atoms with Gasteiger partial charge in [-0.05, 0) is 50.9 Å². The quantitative estimate of drug-likeness (QED) is 0.892. The molecule has 0 saturated carbocycles. The Bertz CT molecular complexity index is 434. The van der Waals surface area contributed by atoms with Crippen molar-refractivity contribution >= 4 is 5.97 Å². The summed E-state index contributed by atoms with van der Waals surface area (Å²) < 4.78 is 0. The molecule has 1 saturated heterocycles. The lowest BCUT2D eigenvalue weighted by molar-refractivity contribution is -0.143. The van der Waals surface area contributed by atoms with Crippen molar-refractivity contribution in [1.82, 2.24) is 4.90 Å². The Labute approximate surface area is 108 Å². The Morgan fingerprint density at radius 3 is 2.56 bits per heavy atom. The molecule has 0 spiro atoms. The molecule has 1 N–H and O–H groups in total. The molecule has 0 amide bonds. The van der Waals surface area contributed by atoms with Gasteiger partial charge in [0.2, 0.25) is 0 Å². The van der Waals surface area contributed by atoms with E-state index < -0.39 is 5.97 Å². The Balaban J connectivity index is 1.93. The first-order valence-corrected chi connectivity index (χ1v) is 6.57. The number of carboxylic acids is 1. The van der Waals surface area contributed by atoms with Crippen LogP contribution in [-0.4, -0.2) is 29.1 Å². The first-order valence-electron chi connectivity index (χ1n) is 6.57. The van der Waals surface area contributed by atoms with Crippen molar-refractivity contribution in [2.24, 2.45) is 5.92 Å². The molecule has 0 unspecified atom stereocenters. The predicted molar refractivity (Wildman–Crippen MR) is 71.6 cm³/mol. The minimum atomic E-state index is -0.638. The van der Waals surface area contributed by atoms with E-state index in [-0.39, 0.29) is 5.92 Å². The van der Waals surface area contributed by atoms with Gasteiger partial charge in [-0.1, -0.05) is 23.8 Å². The summed E-state index contributed by atoms with van der Waals surface area (Å²) in [6.07, 6.45) is 1.56. The SMILES string of the molecule is Cc1ccc(CN2CCC(C(=O)O)CC2)c(C)c1. The fourth-order valence-corrected chi connectivity index (χ4v) is 2.60. The molecule has 1 aromatic rings. The average molecular weight is 247 g/mol. The fourth-order valence-electron chi connectivity index (χ4n) is 2.60. The van der Waals surface area contributed by atoms with Crippen LogP contribution in [0, 0.1) is 19.8 Å². The smallest absolute Gasteiger partial charge is 0.306 e. The van der Waals surface area contributed by atoms with E-state index in [0.717, 1.165) is 32.5 Å². The average Bonchev–Trinajstić information content (AvgIpc) is 2.33. The molecular formula is C15H21NO2. The number of benzene rings is 1. The molecule has 1 aliphatic rings. The molecule has 18 heavy (non-hydrogen) atoms. The van der Waals surface area contributed by atoms with Gasteiger partial charge in [-0.2, -0.15) is 0 Å².